The monoisotopic (exact) mass is 470 g/mol. The number of benzene rings is 2. The molecule has 0 saturated carbocycles. The molecule has 0 spiro atoms. The van der Waals surface area contributed by atoms with E-state index >= 15 is 0 Å². The van der Waals surface area contributed by atoms with Gasteiger partial charge >= 0.3 is 12.3 Å². The molecule has 2 aromatic carbocycles. The lowest BCUT2D eigenvalue weighted by Gasteiger charge is -2.13. The summed E-state index contributed by atoms with van der Waals surface area (Å²) in [7, 11) is 0. The third-order valence-corrected chi connectivity index (χ3v) is 6.12. The van der Waals surface area contributed by atoms with Crippen LogP contribution in [0.5, 0.6) is 11.5 Å². The molecule has 0 saturated heterocycles. The fraction of sp³-hybridized carbons (Fsp3) is 0.250. The Labute approximate surface area is 184 Å². The van der Waals surface area contributed by atoms with Gasteiger partial charge in [0.15, 0.2) is 6.10 Å². The van der Waals surface area contributed by atoms with Crippen molar-refractivity contribution in [2.75, 3.05) is 0 Å². The summed E-state index contributed by atoms with van der Waals surface area (Å²) >= 11 is 2.88. The number of ether oxygens (including phenoxy) is 2. The minimum absolute atomic E-state index is 0.294. The predicted molar refractivity (Wildman–Crippen MR) is 110 cm³/mol. The Morgan fingerprint density at radius 2 is 1.90 bits per heavy atom. The van der Waals surface area contributed by atoms with Crippen LogP contribution in [0.3, 0.4) is 0 Å². The fourth-order valence-corrected chi connectivity index (χ4v) is 4.28. The van der Waals surface area contributed by atoms with E-state index in [2.05, 4.69) is 14.9 Å². The average Bonchev–Trinajstić information content (AvgIpc) is 3.16. The molecule has 0 aliphatic carbocycles. The van der Waals surface area contributed by atoms with Crippen LogP contribution < -0.4 is 9.47 Å². The summed E-state index contributed by atoms with van der Waals surface area (Å²) in [4.78, 5) is 11.9. The number of hydrogen-bond donors (Lipinski definition) is 1. The van der Waals surface area contributed by atoms with Gasteiger partial charge in [-0.1, -0.05) is 11.3 Å². The lowest BCUT2D eigenvalue weighted by atomic mass is 10.2. The number of rotatable bonds is 8. The number of halogens is 3. The highest BCUT2D eigenvalue weighted by molar-refractivity contribution is 7.98. The number of hydrogen-bond acceptors (Lipinski definition) is 7. The van der Waals surface area contributed by atoms with Crippen molar-refractivity contribution in [3.8, 4) is 22.1 Å². The minimum atomic E-state index is -4.73. The average molecular weight is 470 g/mol. The van der Waals surface area contributed by atoms with E-state index in [4.69, 9.17) is 9.84 Å². The summed E-state index contributed by atoms with van der Waals surface area (Å²) < 4.78 is 46.0. The second-order valence-electron chi connectivity index (χ2n) is 6.39. The van der Waals surface area contributed by atoms with Crippen LogP contribution in [0.2, 0.25) is 0 Å². The highest BCUT2D eigenvalue weighted by atomic mass is 32.2. The van der Waals surface area contributed by atoms with E-state index in [9.17, 15) is 18.0 Å². The first-order chi connectivity index (χ1) is 14.6. The van der Waals surface area contributed by atoms with E-state index < -0.39 is 18.4 Å². The van der Waals surface area contributed by atoms with Gasteiger partial charge in [0.25, 0.3) is 0 Å². The normalized spacial score (nSPS) is 12.4. The van der Waals surface area contributed by atoms with Crippen molar-refractivity contribution in [1.82, 2.24) is 10.2 Å². The van der Waals surface area contributed by atoms with Crippen molar-refractivity contribution < 1.29 is 32.5 Å². The molecular formula is C20H17F3N2O4S2. The molecule has 6 nitrogen and oxygen atoms in total. The van der Waals surface area contributed by atoms with E-state index in [0.29, 0.717) is 22.1 Å². The van der Waals surface area contributed by atoms with Gasteiger partial charge in [0.1, 0.15) is 21.5 Å². The molecule has 1 N–H and O–H groups in total. The molecule has 1 aromatic heterocycles. The molecule has 164 valence electrons. The largest absolute Gasteiger partial charge is 0.573 e. The summed E-state index contributed by atoms with van der Waals surface area (Å²) in [6.07, 6.45) is -5.67. The number of alkyl halides is 3. The zero-order valence-corrected chi connectivity index (χ0v) is 18.0. The molecule has 1 atom stereocenters. The topological polar surface area (TPSA) is 81.5 Å². The molecule has 0 aliphatic heterocycles. The summed E-state index contributed by atoms with van der Waals surface area (Å²) in [5.41, 5.74) is 1.46. The standard InChI is InChI=1S/C20H17F3N2O4S2/c1-11-9-15(7-8-16(11)28-12(2)19(26)27)30-10-17-24-25-18(31-17)13-3-5-14(6-4-13)29-20(21,22)23/h3-9,12H,10H2,1-2H3,(H,26,27). The van der Waals surface area contributed by atoms with Gasteiger partial charge < -0.3 is 14.6 Å². The summed E-state index contributed by atoms with van der Waals surface area (Å²) in [6, 6.07) is 10.9. The molecule has 0 radical (unpaired) electrons. The van der Waals surface area contributed by atoms with Gasteiger partial charge in [0, 0.05) is 10.5 Å². The molecule has 0 fully saturated rings. The van der Waals surface area contributed by atoms with Crippen LogP contribution in [0.4, 0.5) is 13.2 Å². The molecule has 3 aromatic rings. The molecule has 0 bridgehead atoms. The molecular weight excluding hydrogens is 453 g/mol. The third kappa shape index (κ3) is 6.59. The first-order valence-electron chi connectivity index (χ1n) is 8.92. The fourth-order valence-electron chi connectivity index (χ4n) is 2.46. The van der Waals surface area contributed by atoms with Crippen molar-refractivity contribution in [2.45, 2.75) is 37.0 Å². The Morgan fingerprint density at radius 1 is 1.19 bits per heavy atom. The van der Waals surface area contributed by atoms with Crippen LogP contribution in [-0.2, 0) is 10.5 Å². The zero-order valence-electron chi connectivity index (χ0n) is 16.3. The summed E-state index contributed by atoms with van der Waals surface area (Å²) in [5, 5.41) is 18.5. The second kappa shape index (κ2) is 9.56. The highest BCUT2D eigenvalue weighted by Crippen LogP contribution is 2.32. The molecule has 1 unspecified atom stereocenters. The van der Waals surface area contributed by atoms with Crippen LogP contribution in [0.15, 0.2) is 47.4 Å². The SMILES string of the molecule is Cc1cc(SCc2nnc(-c3ccc(OC(F)(F)F)cc3)s2)ccc1OC(C)C(=O)O. The maximum Gasteiger partial charge on any atom is 0.573 e. The number of aliphatic carboxylic acids is 1. The first kappa shape index (κ1) is 22.9. The molecule has 0 amide bonds. The van der Waals surface area contributed by atoms with Crippen LogP contribution in [0.25, 0.3) is 10.6 Å². The maximum absolute atomic E-state index is 12.3. The van der Waals surface area contributed by atoms with E-state index in [1.165, 1.54) is 54.3 Å². The van der Waals surface area contributed by atoms with E-state index in [-0.39, 0.29) is 5.75 Å². The van der Waals surface area contributed by atoms with Crippen molar-refractivity contribution in [1.29, 1.82) is 0 Å². The van der Waals surface area contributed by atoms with Crippen LogP contribution in [0.1, 0.15) is 17.5 Å². The quantitative estimate of drug-likeness (QED) is 0.432. The number of thioether (sulfide) groups is 1. The Hall–Kier alpha value is -2.79. The van der Waals surface area contributed by atoms with Gasteiger partial charge in [-0.3, -0.25) is 0 Å². The Kier molecular flexibility index (Phi) is 7.06. The van der Waals surface area contributed by atoms with Gasteiger partial charge in [0.2, 0.25) is 0 Å². The van der Waals surface area contributed by atoms with Crippen LogP contribution >= 0.6 is 23.1 Å². The number of aromatic nitrogens is 2. The van der Waals surface area contributed by atoms with Gasteiger partial charge in [0.05, 0.1) is 5.75 Å². The molecule has 3 rings (SSSR count). The number of carboxylic acids is 1. The first-order valence-corrected chi connectivity index (χ1v) is 10.7. The Bertz CT molecular complexity index is 1060. The van der Waals surface area contributed by atoms with E-state index in [1.807, 2.05) is 19.1 Å². The number of carbonyl (C=O) groups is 1. The summed E-state index contributed by atoms with van der Waals surface area (Å²) in [5.74, 6) is -0.266. The van der Waals surface area contributed by atoms with Gasteiger partial charge in [-0.2, -0.15) is 0 Å². The van der Waals surface area contributed by atoms with Gasteiger partial charge in [-0.25, -0.2) is 4.79 Å². The van der Waals surface area contributed by atoms with Crippen molar-refractivity contribution >= 4 is 29.1 Å². The number of carboxylic acid groups (broad SMARTS) is 1. The van der Waals surface area contributed by atoms with E-state index in [0.717, 1.165) is 15.5 Å². The van der Waals surface area contributed by atoms with Crippen molar-refractivity contribution in [2.24, 2.45) is 0 Å². The van der Waals surface area contributed by atoms with Crippen molar-refractivity contribution in [3.63, 3.8) is 0 Å². The predicted octanol–water partition coefficient (Wildman–Crippen LogP) is 5.56. The van der Waals surface area contributed by atoms with Gasteiger partial charge in [-0.05, 0) is 61.9 Å². The lowest BCUT2D eigenvalue weighted by Crippen LogP contribution is -2.23. The van der Waals surface area contributed by atoms with Crippen molar-refractivity contribution in [3.05, 3.63) is 53.0 Å². The van der Waals surface area contributed by atoms with E-state index in [1.54, 1.807) is 6.07 Å². The number of nitrogens with zero attached hydrogens (tertiary/aromatic N) is 2. The zero-order chi connectivity index (χ0) is 22.6. The molecule has 31 heavy (non-hydrogen) atoms. The molecule has 0 aliphatic rings. The smallest absolute Gasteiger partial charge is 0.479 e. The third-order valence-electron chi connectivity index (χ3n) is 3.96. The summed E-state index contributed by atoms with van der Waals surface area (Å²) in [6.45, 7) is 3.30. The lowest BCUT2D eigenvalue weighted by molar-refractivity contribution is -0.274. The second-order valence-corrected chi connectivity index (χ2v) is 8.50. The highest BCUT2D eigenvalue weighted by Gasteiger charge is 2.31. The molecule has 11 heteroatoms. The Balaban J connectivity index is 1.60. The minimum Gasteiger partial charge on any atom is -0.479 e. The van der Waals surface area contributed by atoms with Crippen LogP contribution in [0, 0.1) is 6.92 Å². The number of aryl methyl sites for hydroxylation is 1. The maximum atomic E-state index is 12.3. The van der Waals surface area contributed by atoms with Gasteiger partial charge in [-0.15, -0.1) is 35.1 Å². The molecule has 1 heterocycles. The van der Waals surface area contributed by atoms with Crippen LogP contribution in [-0.4, -0.2) is 33.7 Å². The Morgan fingerprint density at radius 3 is 2.52 bits per heavy atom.